The van der Waals surface area contributed by atoms with Crippen LogP contribution in [-0.4, -0.2) is 40.3 Å². The molecule has 0 spiro atoms. The maximum atomic E-state index is 12.9. The van der Waals surface area contributed by atoms with Crippen molar-refractivity contribution in [2.24, 2.45) is 18.9 Å². The number of halogens is 1. The molecule has 2 aliphatic rings. The molecule has 2 aliphatic heterocycles. The van der Waals surface area contributed by atoms with Crippen LogP contribution < -0.4 is 25.8 Å². The molecule has 0 amide bonds. The smallest absolute Gasteiger partial charge is 0.295 e. The van der Waals surface area contributed by atoms with Crippen LogP contribution in [0.25, 0.3) is 10.9 Å². The van der Waals surface area contributed by atoms with E-state index in [4.69, 9.17) is 21.3 Å². The molecule has 2 N–H and O–H groups in total. The standard InChI is InChI=1S/C25H31ClN6O2/c1-14-9-15(2)13-32(12-14)25-27-11-19(26)23(30-25)29-17-5-6-20-18(10-17)21-22(24(33)31(20)4)34-8-7-16(3)28-21/h5-6,10-11,14-16,28H,7-9,12-13H2,1-4H3,(H,27,29,30)/t14-,15+,16?. The molecule has 1 fully saturated rings. The lowest BCUT2D eigenvalue weighted by Gasteiger charge is -2.35. The van der Waals surface area contributed by atoms with Gasteiger partial charge < -0.3 is 24.8 Å². The predicted octanol–water partition coefficient (Wildman–Crippen LogP) is 4.79. The van der Waals surface area contributed by atoms with Gasteiger partial charge in [0.25, 0.3) is 5.56 Å². The lowest BCUT2D eigenvalue weighted by atomic mass is 9.92. The number of pyridine rings is 1. The second kappa shape index (κ2) is 8.98. The van der Waals surface area contributed by atoms with Gasteiger partial charge in [-0.1, -0.05) is 25.4 Å². The number of aryl methyl sites for hydroxylation is 1. The molecule has 34 heavy (non-hydrogen) atoms. The topological polar surface area (TPSA) is 84.3 Å². The average Bonchev–Trinajstić information content (AvgIpc) is 3.00. The minimum absolute atomic E-state index is 0.140. The van der Waals surface area contributed by atoms with E-state index in [9.17, 15) is 4.79 Å². The number of benzene rings is 1. The lowest BCUT2D eigenvalue weighted by Crippen LogP contribution is -2.39. The zero-order valence-electron chi connectivity index (χ0n) is 20.1. The molecule has 3 atom stereocenters. The summed E-state index contributed by atoms with van der Waals surface area (Å²) in [6, 6.07) is 6.06. The zero-order chi connectivity index (χ0) is 24.0. The van der Waals surface area contributed by atoms with Crippen molar-refractivity contribution in [1.29, 1.82) is 0 Å². The van der Waals surface area contributed by atoms with Crippen molar-refractivity contribution in [2.75, 3.05) is 35.2 Å². The molecule has 4 heterocycles. The Morgan fingerprint density at radius 2 is 1.97 bits per heavy atom. The molecule has 2 aromatic heterocycles. The van der Waals surface area contributed by atoms with Crippen molar-refractivity contribution >= 4 is 45.6 Å². The van der Waals surface area contributed by atoms with Crippen molar-refractivity contribution in [3.05, 3.63) is 39.8 Å². The van der Waals surface area contributed by atoms with Crippen LogP contribution >= 0.6 is 11.6 Å². The molecule has 1 saturated heterocycles. The van der Waals surface area contributed by atoms with Gasteiger partial charge in [-0.25, -0.2) is 4.98 Å². The van der Waals surface area contributed by atoms with E-state index in [0.29, 0.717) is 41.0 Å². The fraction of sp³-hybridized carbons (Fsp3) is 0.480. The van der Waals surface area contributed by atoms with E-state index < -0.39 is 0 Å². The molecule has 9 heteroatoms. The minimum atomic E-state index is -0.140. The molecule has 0 bridgehead atoms. The molecule has 0 saturated carbocycles. The Balaban J connectivity index is 1.52. The number of anilines is 4. The van der Waals surface area contributed by atoms with Gasteiger partial charge in [0.15, 0.2) is 5.82 Å². The first-order chi connectivity index (χ1) is 16.3. The summed E-state index contributed by atoms with van der Waals surface area (Å²) in [6.07, 6.45) is 3.70. The number of nitrogens with zero attached hydrogens (tertiary/aromatic N) is 4. The van der Waals surface area contributed by atoms with Gasteiger partial charge in [0.1, 0.15) is 5.02 Å². The number of nitrogens with one attached hydrogen (secondary N) is 2. The zero-order valence-corrected chi connectivity index (χ0v) is 20.8. The van der Waals surface area contributed by atoms with Crippen LogP contribution in [0.15, 0.2) is 29.2 Å². The Morgan fingerprint density at radius 1 is 1.21 bits per heavy atom. The van der Waals surface area contributed by atoms with Crippen LogP contribution in [0.3, 0.4) is 0 Å². The van der Waals surface area contributed by atoms with E-state index in [0.717, 1.165) is 41.8 Å². The monoisotopic (exact) mass is 482 g/mol. The number of piperidine rings is 1. The first kappa shape index (κ1) is 22.8. The maximum absolute atomic E-state index is 12.9. The molecule has 1 unspecified atom stereocenters. The molecule has 3 aromatic rings. The van der Waals surface area contributed by atoms with Gasteiger partial charge in [0, 0.05) is 43.7 Å². The molecule has 5 rings (SSSR count). The Bertz CT molecular complexity index is 1280. The van der Waals surface area contributed by atoms with Gasteiger partial charge in [-0.15, -0.1) is 0 Å². The summed E-state index contributed by atoms with van der Waals surface area (Å²) < 4.78 is 7.48. The van der Waals surface area contributed by atoms with E-state index >= 15 is 0 Å². The fourth-order valence-corrected chi connectivity index (χ4v) is 5.23. The van der Waals surface area contributed by atoms with Crippen LogP contribution in [-0.2, 0) is 7.05 Å². The number of aromatic nitrogens is 3. The summed E-state index contributed by atoms with van der Waals surface area (Å²) in [5, 5.41) is 8.20. The molecule has 1 aromatic carbocycles. The number of ether oxygens (including phenoxy) is 1. The van der Waals surface area contributed by atoms with Crippen molar-refractivity contribution in [3.63, 3.8) is 0 Å². The highest BCUT2D eigenvalue weighted by molar-refractivity contribution is 6.32. The van der Waals surface area contributed by atoms with Crippen LogP contribution in [0, 0.1) is 11.8 Å². The SMILES string of the molecule is CC1CCOc2c(c3cc(Nc4nc(N5C[C@H](C)C[C@H](C)C5)ncc4Cl)ccc3n(C)c2=O)N1. The minimum Gasteiger partial charge on any atom is -0.486 e. The second-order valence-electron chi connectivity index (χ2n) is 9.83. The lowest BCUT2D eigenvalue weighted by molar-refractivity contribution is 0.309. The molecule has 0 radical (unpaired) electrons. The van der Waals surface area contributed by atoms with Crippen molar-refractivity contribution in [2.45, 2.75) is 39.7 Å². The third kappa shape index (κ3) is 4.27. The van der Waals surface area contributed by atoms with Crippen LogP contribution in [0.4, 0.5) is 23.1 Å². The van der Waals surface area contributed by atoms with Crippen molar-refractivity contribution in [1.82, 2.24) is 14.5 Å². The predicted molar refractivity (Wildman–Crippen MR) is 138 cm³/mol. The Morgan fingerprint density at radius 3 is 2.74 bits per heavy atom. The molecular formula is C25H31ClN6O2. The Kier molecular flexibility index (Phi) is 6.02. The first-order valence-electron chi connectivity index (χ1n) is 11.9. The number of hydrogen-bond acceptors (Lipinski definition) is 7. The summed E-state index contributed by atoms with van der Waals surface area (Å²) in [6.45, 7) is 9.00. The molecule has 0 aliphatic carbocycles. The van der Waals surface area contributed by atoms with Gasteiger partial charge in [-0.05, 0) is 43.4 Å². The molecule has 8 nitrogen and oxygen atoms in total. The van der Waals surface area contributed by atoms with Gasteiger partial charge in [0.2, 0.25) is 11.7 Å². The maximum Gasteiger partial charge on any atom is 0.295 e. The highest BCUT2D eigenvalue weighted by Gasteiger charge is 2.25. The summed E-state index contributed by atoms with van der Waals surface area (Å²) >= 11 is 6.48. The van der Waals surface area contributed by atoms with Crippen LogP contribution in [0.1, 0.15) is 33.6 Å². The summed E-state index contributed by atoms with van der Waals surface area (Å²) in [5.41, 5.74) is 2.24. The summed E-state index contributed by atoms with van der Waals surface area (Å²) in [7, 11) is 1.77. The first-order valence-corrected chi connectivity index (χ1v) is 12.3. The average molecular weight is 483 g/mol. The molecular weight excluding hydrogens is 452 g/mol. The van der Waals surface area contributed by atoms with E-state index in [2.05, 4.69) is 41.3 Å². The highest BCUT2D eigenvalue weighted by atomic mass is 35.5. The van der Waals surface area contributed by atoms with Gasteiger partial charge >= 0.3 is 0 Å². The van der Waals surface area contributed by atoms with E-state index in [1.54, 1.807) is 17.8 Å². The highest BCUT2D eigenvalue weighted by Crippen LogP contribution is 2.35. The summed E-state index contributed by atoms with van der Waals surface area (Å²) in [4.78, 5) is 24.4. The second-order valence-corrected chi connectivity index (χ2v) is 10.2. The van der Waals surface area contributed by atoms with E-state index in [1.807, 2.05) is 18.2 Å². The fourth-order valence-electron chi connectivity index (χ4n) is 5.09. The van der Waals surface area contributed by atoms with Gasteiger partial charge in [-0.2, -0.15) is 4.98 Å². The van der Waals surface area contributed by atoms with Gasteiger partial charge in [-0.3, -0.25) is 4.79 Å². The number of rotatable bonds is 3. The van der Waals surface area contributed by atoms with Crippen LogP contribution in [0.2, 0.25) is 5.02 Å². The van der Waals surface area contributed by atoms with Crippen LogP contribution in [0.5, 0.6) is 5.75 Å². The van der Waals surface area contributed by atoms with E-state index in [-0.39, 0.29) is 11.6 Å². The molecule has 180 valence electrons. The summed E-state index contributed by atoms with van der Waals surface area (Å²) in [5.74, 6) is 2.81. The van der Waals surface area contributed by atoms with Crippen molar-refractivity contribution < 1.29 is 4.74 Å². The van der Waals surface area contributed by atoms with E-state index in [1.165, 1.54) is 6.42 Å². The Hall–Kier alpha value is -3.00. The van der Waals surface area contributed by atoms with Crippen molar-refractivity contribution in [3.8, 4) is 5.75 Å². The third-order valence-corrected chi connectivity index (χ3v) is 6.96. The normalized spacial score (nSPS) is 22.5. The third-order valence-electron chi connectivity index (χ3n) is 6.69. The Labute approximate surface area is 204 Å². The van der Waals surface area contributed by atoms with Gasteiger partial charge in [0.05, 0.1) is 24.0 Å². The quantitative estimate of drug-likeness (QED) is 0.555. The number of fused-ring (bicyclic) bond motifs is 3. The largest absolute Gasteiger partial charge is 0.486 e. The number of hydrogen-bond donors (Lipinski definition) is 2.